The van der Waals surface area contributed by atoms with Crippen LogP contribution in [0.2, 0.25) is 0 Å². The molecule has 2 aliphatic heterocycles. The smallest absolute Gasteiger partial charge is 0.0570 e. The van der Waals surface area contributed by atoms with Gasteiger partial charge in [0, 0.05) is 18.1 Å². The van der Waals surface area contributed by atoms with E-state index in [9.17, 15) is 5.11 Å². The minimum absolute atomic E-state index is 0.0194. The van der Waals surface area contributed by atoms with Crippen LogP contribution in [0.1, 0.15) is 38.5 Å². The number of piperidine rings is 1. The van der Waals surface area contributed by atoms with Gasteiger partial charge in [0.1, 0.15) is 0 Å². The molecule has 0 amide bonds. The predicted molar refractivity (Wildman–Crippen MR) is 59.8 cm³/mol. The van der Waals surface area contributed by atoms with Crippen molar-refractivity contribution in [3.63, 3.8) is 0 Å². The summed E-state index contributed by atoms with van der Waals surface area (Å²) < 4.78 is 0. The maximum atomic E-state index is 9.25. The Labute approximate surface area is 91.8 Å². The zero-order chi connectivity index (χ0) is 10.3. The molecule has 2 N–H and O–H groups in total. The third-order valence-corrected chi connectivity index (χ3v) is 4.41. The Bertz CT molecular complexity index is 228. The van der Waals surface area contributed by atoms with E-state index in [-0.39, 0.29) is 6.10 Å². The molecule has 2 unspecified atom stereocenters. The van der Waals surface area contributed by atoms with Gasteiger partial charge in [0.05, 0.1) is 6.10 Å². The summed E-state index contributed by atoms with van der Waals surface area (Å²) in [5.41, 5.74) is 0. The van der Waals surface area contributed by atoms with Crippen molar-refractivity contribution in [2.45, 2.75) is 62.8 Å². The quantitative estimate of drug-likeness (QED) is 0.705. The minimum Gasteiger partial charge on any atom is -0.393 e. The molecule has 2 heterocycles. The molecule has 0 aromatic heterocycles. The van der Waals surface area contributed by atoms with E-state index < -0.39 is 0 Å². The van der Waals surface area contributed by atoms with Crippen LogP contribution in [0.3, 0.4) is 0 Å². The van der Waals surface area contributed by atoms with E-state index in [1.807, 2.05) is 0 Å². The Morgan fingerprint density at radius 2 is 1.87 bits per heavy atom. The van der Waals surface area contributed by atoms with Crippen molar-refractivity contribution < 1.29 is 5.11 Å². The molecule has 2 saturated heterocycles. The van der Waals surface area contributed by atoms with Crippen LogP contribution in [-0.2, 0) is 0 Å². The Morgan fingerprint density at radius 3 is 2.67 bits per heavy atom. The molecule has 3 aliphatic rings. The van der Waals surface area contributed by atoms with Crippen LogP contribution in [0.15, 0.2) is 0 Å². The van der Waals surface area contributed by atoms with Crippen LogP contribution >= 0.6 is 0 Å². The average Bonchev–Trinajstić information content (AvgIpc) is 2.62. The second kappa shape index (κ2) is 4.04. The van der Waals surface area contributed by atoms with E-state index in [4.69, 9.17) is 0 Å². The summed E-state index contributed by atoms with van der Waals surface area (Å²) in [6.45, 7) is 2.62. The molecule has 0 aromatic rings. The fourth-order valence-corrected chi connectivity index (χ4v) is 3.43. The third kappa shape index (κ3) is 2.05. The Morgan fingerprint density at radius 1 is 1.00 bits per heavy atom. The van der Waals surface area contributed by atoms with Crippen LogP contribution in [0, 0.1) is 0 Å². The predicted octanol–water partition coefficient (Wildman–Crippen LogP) is 0.726. The van der Waals surface area contributed by atoms with Crippen molar-refractivity contribution in [3.8, 4) is 0 Å². The van der Waals surface area contributed by atoms with E-state index in [2.05, 4.69) is 10.2 Å². The number of hydrogen-bond donors (Lipinski definition) is 2. The molecule has 1 aliphatic carbocycles. The molecule has 1 saturated carbocycles. The van der Waals surface area contributed by atoms with Gasteiger partial charge in [0.15, 0.2) is 0 Å². The molecule has 15 heavy (non-hydrogen) atoms. The summed E-state index contributed by atoms with van der Waals surface area (Å²) in [4.78, 5) is 2.66. The average molecular weight is 210 g/mol. The fraction of sp³-hybridized carbons (Fsp3) is 1.00. The lowest BCUT2D eigenvalue weighted by molar-refractivity contribution is 0.0497. The lowest BCUT2D eigenvalue weighted by atomic mass is 9.87. The number of aliphatic hydroxyl groups excluding tert-OH is 1. The van der Waals surface area contributed by atoms with E-state index in [1.54, 1.807) is 0 Å². The number of fused-ring (bicyclic) bond motifs is 1. The van der Waals surface area contributed by atoms with Gasteiger partial charge >= 0.3 is 0 Å². The van der Waals surface area contributed by atoms with Gasteiger partial charge < -0.3 is 15.3 Å². The van der Waals surface area contributed by atoms with Crippen molar-refractivity contribution in [1.82, 2.24) is 10.2 Å². The summed E-state index contributed by atoms with van der Waals surface area (Å²) in [6.07, 6.45) is 7.39. The molecule has 0 radical (unpaired) electrons. The van der Waals surface area contributed by atoms with Crippen molar-refractivity contribution in [3.05, 3.63) is 0 Å². The Balaban J connectivity index is 1.47. The first-order valence-corrected chi connectivity index (χ1v) is 6.49. The molecule has 3 heteroatoms. The van der Waals surface area contributed by atoms with Gasteiger partial charge in [-0.15, -0.1) is 0 Å². The first kappa shape index (κ1) is 10.1. The van der Waals surface area contributed by atoms with E-state index >= 15 is 0 Å². The first-order chi connectivity index (χ1) is 7.31. The summed E-state index contributed by atoms with van der Waals surface area (Å²) in [6, 6.07) is 2.20. The largest absolute Gasteiger partial charge is 0.393 e. The number of aliphatic hydroxyl groups is 1. The molecule has 2 atom stereocenters. The molecule has 0 aromatic carbocycles. The number of rotatable bonds is 2. The van der Waals surface area contributed by atoms with Crippen molar-refractivity contribution >= 4 is 0 Å². The van der Waals surface area contributed by atoms with Crippen molar-refractivity contribution in [2.24, 2.45) is 0 Å². The summed E-state index contributed by atoms with van der Waals surface area (Å²) >= 11 is 0. The highest BCUT2D eigenvalue weighted by Gasteiger charge is 2.34. The zero-order valence-corrected chi connectivity index (χ0v) is 9.36. The highest BCUT2D eigenvalue weighted by molar-refractivity contribution is 4.93. The van der Waals surface area contributed by atoms with Gasteiger partial charge in [0.25, 0.3) is 0 Å². The maximum absolute atomic E-state index is 9.25. The normalized spacial score (nSPS) is 46.2. The lowest BCUT2D eigenvalue weighted by Gasteiger charge is -2.40. The second-order valence-corrected chi connectivity index (χ2v) is 5.54. The number of nitrogens with one attached hydrogen (secondary N) is 1. The van der Waals surface area contributed by atoms with Gasteiger partial charge in [-0.1, -0.05) is 0 Å². The van der Waals surface area contributed by atoms with Gasteiger partial charge in [-0.3, -0.25) is 0 Å². The molecule has 3 nitrogen and oxygen atoms in total. The molecular formula is C12H22N2O. The molecule has 3 fully saturated rings. The van der Waals surface area contributed by atoms with Crippen LogP contribution < -0.4 is 5.32 Å². The SMILES string of the molecule is OC1CC(NC2CCN3CCCC3C2)C1. The third-order valence-electron chi connectivity index (χ3n) is 4.41. The van der Waals surface area contributed by atoms with Gasteiger partial charge in [-0.05, 0) is 51.6 Å². The van der Waals surface area contributed by atoms with Crippen LogP contribution in [-0.4, -0.2) is 47.3 Å². The van der Waals surface area contributed by atoms with Crippen LogP contribution in [0.25, 0.3) is 0 Å². The molecule has 0 bridgehead atoms. The monoisotopic (exact) mass is 210 g/mol. The standard InChI is InChI=1S/C12H22N2O/c15-12-7-10(8-12)13-9-3-5-14-4-1-2-11(14)6-9/h9-13,15H,1-8H2. The maximum Gasteiger partial charge on any atom is 0.0570 e. The first-order valence-electron chi connectivity index (χ1n) is 6.49. The number of hydrogen-bond acceptors (Lipinski definition) is 3. The highest BCUT2D eigenvalue weighted by atomic mass is 16.3. The minimum atomic E-state index is -0.0194. The van der Waals surface area contributed by atoms with Crippen molar-refractivity contribution in [2.75, 3.05) is 13.1 Å². The van der Waals surface area contributed by atoms with E-state index in [0.717, 1.165) is 24.9 Å². The lowest BCUT2D eigenvalue weighted by Crippen LogP contribution is -2.53. The summed E-state index contributed by atoms with van der Waals surface area (Å²) in [7, 11) is 0. The summed E-state index contributed by atoms with van der Waals surface area (Å²) in [5, 5.41) is 13.0. The zero-order valence-electron chi connectivity index (χ0n) is 9.36. The highest BCUT2D eigenvalue weighted by Crippen LogP contribution is 2.28. The molecule has 86 valence electrons. The van der Waals surface area contributed by atoms with Crippen LogP contribution in [0.5, 0.6) is 0 Å². The topological polar surface area (TPSA) is 35.5 Å². The van der Waals surface area contributed by atoms with Gasteiger partial charge in [-0.25, -0.2) is 0 Å². The van der Waals surface area contributed by atoms with E-state index in [1.165, 1.54) is 38.8 Å². The molecule has 3 rings (SSSR count). The number of nitrogens with zero attached hydrogens (tertiary/aromatic N) is 1. The molecular weight excluding hydrogens is 188 g/mol. The fourth-order valence-electron chi connectivity index (χ4n) is 3.43. The second-order valence-electron chi connectivity index (χ2n) is 5.54. The molecule has 0 spiro atoms. The van der Waals surface area contributed by atoms with E-state index in [0.29, 0.717) is 6.04 Å². The Kier molecular flexibility index (Phi) is 2.71. The van der Waals surface area contributed by atoms with Gasteiger partial charge in [-0.2, -0.15) is 0 Å². The Hall–Kier alpha value is -0.120. The van der Waals surface area contributed by atoms with Crippen LogP contribution in [0.4, 0.5) is 0 Å². The van der Waals surface area contributed by atoms with Gasteiger partial charge in [0.2, 0.25) is 0 Å². The summed E-state index contributed by atoms with van der Waals surface area (Å²) in [5.74, 6) is 0. The van der Waals surface area contributed by atoms with Crippen molar-refractivity contribution in [1.29, 1.82) is 0 Å².